The Morgan fingerprint density at radius 3 is 2.06 bits per heavy atom. The maximum Gasteiger partial charge on any atom is 0.203 e. The van der Waals surface area contributed by atoms with E-state index in [0.717, 1.165) is 12.0 Å². The SMILES string of the molecule is CCCOc1c(OC)cc(CO)cc1OC. The normalized spacial score (nSPS) is 10.0. The quantitative estimate of drug-likeness (QED) is 0.805. The van der Waals surface area contributed by atoms with Gasteiger partial charge in [-0.1, -0.05) is 6.92 Å². The molecule has 4 nitrogen and oxygen atoms in total. The van der Waals surface area contributed by atoms with Crippen molar-refractivity contribution in [1.29, 1.82) is 0 Å². The number of aliphatic hydroxyl groups excluding tert-OH is 1. The van der Waals surface area contributed by atoms with Gasteiger partial charge in [-0.05, 0) is 24.1 Å². The largest absolute Gasteiger partial charge is 0.493 e. The number of rotatable bonds is 6. The maximum atomic E-state index is 9.09. The van der Waals surface area contributed by atoms with Crippen LogP contribution in [0.15, 0.2) is 12.1 Å². The maximum absolute atomic E-state index is 9.09. The molecule has 0 aliphatic carbocycles. The lowest BCUT2D eigenvalue weighted by molar-refractivity contribution is 0.266. The van der Waals surface area contributed by atoms with Gasteiger partial charge >= 0.3 is 0 Å². The van der Waals surface area contributed by atoms with Gasteiger partial charge in [0.25, 0.3) is 0 Å². The molecule has 90 valence electrons. The minimum absolute atomic E-state index is 0.0548. The molecule has 0 saturated heterocycles. The minimum atomic E-state index is -0.0548. The summed E-state index contributed by atoms with van der Waals surface area (Å²) in [6.07, 6.45) is 0.911. The second kappa shape index (κ2) is 6.23. The molecule has 4 heteroatoms. The van der Waals surface area contributed by atoms with E-state index in [1.165, 1.54) is 0 Å². The molecule has 0 aromatic heterocycles. The Balaban J connectivity index is 3.09. The van der Waals surface area contributed by atoms with Gasteiger partial charge in [0.05, 0.1) is 27.4 Å². The molecular weight excluding hydrogens is 208 g/mol. The third-order valence-electron chi connectivity index (χ3n) is 2.15. The standard InChI is InChI=1S/C12H18O4/c1-4-5-16-12-10(14-2)6-9(8-13)7-11(12)15-3/h6-7,13H,4-5,8H2,1-3H3. The summed E-state index contributed by atoms with van der Waals surface area (Å²) >= 11 is 0. The summed E-state index contributed by atoms with van der Waals surface area (Å²) in [4.78, 5) is 0. The Labute approximate surface area is 95.8 Å². The zero-order valence-corrected chi connectivity index (χ0v) is 9.95. The molecule has 0 saturated carbocycles. The van der Waals surface area contributed by atoms with Crippen LogP contribution in [-0.4, -0.2) is 25.9 Å². The van der Waals surface area contributed by atoms with Gasteiger partial charge in [-0.25, -0.2) is 0 Å². The molecule has 1 rings (SSSR count). The van der Waals surface area contributed by atoms with Crippen molar-refractivity contribution in [2.45, 2.75) is 20.0 Å². The molecule has 0 atom stereocenters. The van der Waals surface area contributed by atoms with E-state index in [4.69, 9.17) is 19.3 Å². The van der Waals surface area contributed by atoms with Crippen LogP contribution in [0, 0.1) is 0 Å². The summed E-state index contributed by atoms with van der Waals surface area (Å²) in [7, 11) is 3.13. The number of ether oxygens (including phenoxy) is 3. The van der Waals surface area contributed by atoms with E-state index in [1.807, 2.05) is 6.92 Å². The van der Waals surface area contributed by atoms with Crippen molar-refractivity contribution >= 4 is 0 Å². The fourth-order valence-corrected chi connectivity index (χ4v) is 1.37. The third-order valence-corrected chi connectivity index (χ3v) is 2.15. The highest BCUT2D eigenvalue weighted by Gasteiger charge is 2.13. The molecule has 0 amide bonds. The summed E-state index contributed by atoms with van der Waals surface area (Å²) < 4.78 is 16.0. The van der Waals surface area contributed by atoms with E-state index in [1.54, 1.807) is 26.4 Å². The second-order valence-electron chi connectivity index (χ2n) is 3.34. The van der Waals surface area contributed by atoms with Crippen LogP contribution in [0.5, 0.6) is 17.2 Å². The molecule has 1 aromatic rings. The molecule has 0 bridgehead atoms. The zero-order valence-electron chi connectivity index (χ0n) is 9.95. The first-order valence-corrected chi connectivity index (χ1v) is 5.25. The molecule has 0 heterocycles. The molecule has 0 spiro atoms. The molecule has 0 fully saturated rings. The van der Waals surface area contributed by atoms with Crippen LogP contribution in [0.3, 0.4) is 0 Å². The Hall–Kier alpha value is -1.42. The highest BCUT2D eigenvalue weighted by Crippen LogP contribution is 2.38. The summed E-state index contributed by atoms with van der Waals surface area (Å²) in [6.45, 7) is 2.58. The van der Waals surface area contributed by atoms with Crippen LogP contribution in [0.25, 0.3) is 0 Å². The van der Waals surface area contributed by atoms with E-state index in [9.17, 15) is 0 Å². The van der Waals surface area contributed by atoms with Crippen LogP contribution in [0.2, 0.25) is 0 Å². The second-order valence-corrected chi connectivity index (χ2v) is 3.34. The number of hydrogen-bond acceptors (Lipinski definition) is 4. The molecule has 0 aliphatic rings. The predicted molar refractivity (Wildman–Crippen MR) is 61.3 cm³/mol. The average Bonchev–Trinajstić information content (AvgIpc) is 2.35. The Bertz CT molecular complexity index is 311. The molecule has 0 unspecified atom stereocenters. The smallest absolute Gasteiger partial charge is 0.203 e. The first-order valence-electron chi connectivity index (χ1n) is 5.25. The fraction of sp³-hybridized carbons (Fsp3) is 0.500. The third kappa shape index (κ3) is 2.79. The van der Waals surface area contributed by atoms with Gasteiger partial charge in [0, 0.05) is 0 Å². The average molecular weight is 226 g/mol. The first-order chi connectivity index (χ1) is 7.76. The van der Waals surface area contributed by atoms with Crippen LogP contribution in [-0.2, 0) is 6.61 Å². The lowest BCUT2D eigenvalue weighted by atomic mass is 10.2. The Kier molecular flexibility index (Phi) is 4.92. The highest BCUT2D eigenvalue weighted by atomic mass is 16.5. The van der Waals surface area contributed by atoms with Crippen LogP contribution < -0.4 is 14.2 Å². The van der Waals surface area contributed by atoms with Gasteiger partial charge < -0.3 is 19.3 Å². The molecule has 16 heavy (non-hydrogen) atoms. The van der Waals surface area contributed by atoms with E-state index >= 15 is 0 Å². The Morgan fingerprint density at radius 1 is 1.12 bits per heavy atom. The van der Waals surface area contributed by atoms with Gasteiger partial charge in [0.2, 0.25) is 5.75 Å². The fourth-order valence-electron chi connectivity index (χ4n) is 1.37. The summed E-state index contributed by atoms with van der Waals surface area (Å²) in [5, 5.41) is 9.09. The molecule has 0 aliphatic heterocycles. The van der Waals surface area contributed by atoms with Crippen molar-refractivity contribution in [1.82, 2.24) is 0 Å². The zero-order chi connectivity index (χ0) is 12.0. The summed E-state index contributed by atoms with van der Waals surface area (Å²) in [6, 6.07) is 3.49. The van der Waals surface area contributed by atoms with Gasteiger partial charge in [-0.15, -0.1) is 0 Å². The molecule has 0 radical (unpaired) electrons. The summed E-state index contributed by atoms with van der Waals surface area (Å²) in [5.74, 6) is 1.75. The first kappa shape index (κ1) is 12.6. The van der Waals surface area contributed by atoms with Gasteiger partial charge in [0.15, 0.2) is 11.5 Å². The number of aliphatic hydroxyl groups is 1. The predicted octanol–water partition coefficient (Wildman–Crippen LogP) is 1.98. The van der Waals surface area contributed by atoms with Crippen LogP contribution >= 0.6 is 0 Å². The monoisotopic (exact) mass is 226 g/mol. The Morgan fingerprint density at radius 2 is 1.69 bits per heavy atom. The van der Waals surface area contributed by atoms with E-state index in [0.29, 0.717) is 23.9 Å². The molecular formula is C12H18O4. The highest BCUT2D eigenvalue weighted by molar-refractivity contribution is 5.53. The van der Waals surface area contributed by atoms with Crippen molar-refractivity contribution in [3.05, 3.63) is 17.7 Å². The van der Waals surface area contributed by atoms with E-state index in [-0.39, 0.29) is 6.61 Å². The number of hydrogen-bond donors (Lipinski definition) is 1. The van der Waals surface area contributed by atoms with Gasteiger partial charge in [0.1, 0.15) is 0 Å². The van der Waals surface area contributed by atoms with Gasteiger partial charge in [-0.2, -0.15) is 0 Å². The van der Waals surface area contributed by atoms with Crippen molar-refractivity contribution in [3.8, 4) is 17.2 Å². The topological polar surface area (TPSA) is 47.9 Å². The van der Waals surface area contributed by atoms with Crippen molar-refractivity contribution < 1.29 is 19.3 Å². The van der Waals surface area contributed by atoms with Crippen molar-refractivity contribution in [2.24, 2.45) is 0 Å². The van der Waals surface area contributed by atoms with Crippen LogP contribution in [0.4, 0.5) is 0 Å². The van der Waals surface area contributed by atoms with Crippen LogP contribution in [0.1, 0.15) is 18.9 Å². The van der Waals surface area contributed by atoms with E-state index in [2.05, 4.69) is 0 Å². The lowest BCUT2D eigenvalue weighted by Crippen LogP contribution is -2.01. The summed E-state index contributed by atoms with van der Waals surface area (Å²) in [5.41, 5.74) is 0.734. The van der Waals surface area contributed by atoms with E-state index < -0.39 is 0 Å². The molecule has 1 N–H and O–H groups in total. The number of methoxy groups -OCH3 is 2. The van der Waals surface area contributed by atoms with Crippen molar-refractivity contribution in [3.63, 3.8) is 0 Å². The van der Waals surface area contributed by atoms with Gasteiger partial charge in [-0.3, -0.25) is 0 Å². The number of benzene rings is 1. The molecule has 1 aromatic carbocycles. The lowest BCUT2D eigenvalue weighted by Gasteiger charge is -2.15. The minimum Gasteiger partial charge on any atom is -0.493 e. The van der Waals surface area contributed by atoms with Crippen molar-refractivity contribution in [2.75, 3.05) is 20.8 Å².